The van der Waals surface area contributed by atoms with Crippen LogP contribution in [0, 0.1) is 10.1 Å². The smallest absolute Gasteiger partial charge is 0.410 e. The van der Waals surface area contributed by atoms with Crippen molar-refractivity contribution >= 4 is 21.8 Å². The number of sulfonamides is 1. The summed E-state index contributed by atoms with van der Waals surface area (Å²) in [6.45, 7) is 8.85. The number of rotatable bonds is 3. The third-order valence-corrected chi connectivity index (χ3v) is 6.52. The number of benzene rings is 1. The number of nitro groups is 1. The summed E-state index contributed by atoms with van der Waals surface area (Å²) in [5.74, 6) is 0. The Morgan fingerprint density at radius 2 is 1.78 bits per heavy atom. The summed E-state index contributed by atoms with van der Waals surface area (Å²) in [5.41, 5.74) is -1.12. The molecule has 0 aromatic heterocycles. The van der Waals surface area contributed by atoms with Crippen molar-refractivity contribution in [1.29, 1.82) is 0 Å². The van der Waals surface area contributed by atoms with Crippen LogP contribution in [0.1, 0.15) is 34.6 Å². The lowest BCUT2D eigenvalue weighted by atomic mass is 10.1. The Hall–Kier alpha value is -2.20. The van der Waals surface area contributed by atoms with Gasteiger partial charge < -0.3 is 9.64 Å². The van der Waals surface area contributed by atoms with Crippen LogP contribution in [0.25, 0.3) is 0 Å². The number of carbonyl (C=O) groups excluding carboxylic acids is 1. The summed E-state index contributed by atoms with van der Waals surface area (Å²) in [4.78, 5) is 24.0. The number of carbonyl (C=O) groups is 1. The molecule has 1 saturated heterocycles. The van der Waals surface area contributed by atoms with E-state index in [0.29, 0.717) is 0 Å². The Bertz CT molecular complexity index is 833. The van der Waals surface area contributed by atoms with Gasteiger partial charge >= 0.3 is 6.09 Å². The van der Waals surface area contributed by atoms with Gasteiger partial charge in [-0.3, -0.25) is 10.1 Å². The molecule has 10 heteroatoms. The van der Waals surface area contributed by atoms with Gasteiger partial charge in [0.05, 0.1) is 4.92 Å². The Balaban J connectivity index is 2.30. The molecule has 0 spiro atoms. The van der Waals surface area contributed by atoms with E-state index in [9.17, 15) is 23.3 Å². The summed E-state index contributed by atoms with van der Waals surface area (Å²) in [6, 6.07) is 4.24. The molecule has 0 N–H and O–H groups in total. The van der Waals surface area contributed by atoms with Crippen molar-refractivity contribution in [2.75, 3.05) is 13.1 Å². The monoisotopic (exact) mass is 399 g/mol. The second-order valence-electron chi connectivity index (χ2n) is 7.50. The van der Waals surface area contributed by atoms with Gasteiger partial charge in [0.1, 0.15) is 5.60 Å². The third-order valence-electron chi connectivity index (χ3n) is 4.48. The zero-order valence-electron chi connectivity index (χ0n) is 16.1. The zero-order valence-corrected chi connectivity index (χ0v) is 16.9. The molecule has 0 unspecified atom stereocenters. The molecule has 9 nitrogen and oxygen atoms in total. The van der Waals surface area contributed by atoms with Crippen molar-refractivity contribution in [3.05, 3.63) is 34.4 Å². The van der Waals surface area contributed by atoms with Crippen molar-refractivity contribution < 1.29 is 22.9 Å². The summed E-state index contributed by atoms with van der Waals surface area (Å²) in [7, 11) is -4.09. The molecule has 1 heterocycles. The molecule has 2 atom stereocenters. The van der Waals surface area contributed by atoms with Crippen LogP contribution in [-0.4, -0.2) is 59.4 Å². The van der Waals surface area contributed by atoms with E-state index in [0.717, 1.165) is 6.07 Å². The Kier molecular flexibility index (Phi) is 5.81. The van der Waals surface area contributed by atoms with Gasteiger partial charge in [-0.25, -0.2) is 13.2 Å². The molecule has 0 bridgehead atoms. The minimum absolute atomic E-state index is 0.0269. The first-order chi connectivity index (χ1) is 12.4. The predicted octanol–water partition coefficient (Wildman–Crippen LogP) is 2.61. The minimum atomic E-state index is -4.09. The van der Waals surface area contributed by atoms with E-state index in [2.05, 4.69) is 0 Å². The highest BCUT2D eigenvalue weighted by molar-refractivity contribution is 7.89. The summed E-state index contributed by atoms with van der Waals surface area (Å²) in [6.07, 6.45) is -0.510. The minimum Gasteiger partial charge on any atom is -0.444 e. The molecule has 1 aromatic carbocycles. The fraction of sp³-hybridized carbons (Fsp3) is 0.588. The average molecular weight is 399 g/mol. The highest BCUT2D eigenvalue weighted by Crippen LogP contribution is 2.30. The van der Waals surface area contributed by atoms with Crippen LogP contribution in [-0.2, 0) is 14.8 Å². The number of ether oxygens (including phenoxy) is 1. The zero-order chi connectivity index (χ0) is 20.6. The molecule has 0 saturated carbocycles. The van der Waals surface area contributed by atoms with Gasteiger partial charge in [0.25, 0.3) is 5.69 Å². The maximum Gasteiger partial charge on any atom is 0.410 e. The summed E-state index contributed by atoms with van der Waals surface area (Å²) < 4.78 is 32.7. The van der Waals surface area contributed by atoms with Gasteiger partial charge in [0.15, 0.2) is 4.90 Å². The lowest BCUT2D eigenvalue weighted by molar-refractivity contribution is -0.387. The van der Waals surface area contributed by atoms with Crippen LogP contribution < -0.4 is 0 Å². The second-order valence-corrected chi connectivity index (χ2v) is 9.35. The molecule has 1 amide bonds. The van der Waals surface area contributed by atoms with Crippen LogP contribution in [0.2, 0.25) is 0 Å². The van der Waals surface area contributed by atoms with E-state index >= 15 is 0 Å². The molecule has 1 aliphatic heterocycles. The van der Waals surface area contributed by atoms with E-state index in [1.165, 1.54) is 27.4 Å². The number of hydrogen-bond donors (Lipinski definition) is 0. The quantitative estimate of drug-likeness (QED) is 0.571. The normalized spacial score (nSPS) is 21.7. The maximum atomic E-state index is 13.1. The molecule has 1 fully saturated rings. The van der Waals surface area contributed by atoms with Crippen LogP contribution in [0.4, 0.5) is 10.5 Å². The second kappa shape index (κ2) is 7.43. The number of para-hydroxylation sites is 1. The number of amides is 1. The number of hydrogen-bond acceptors (Lipinski definition) is 6. The largest absolute Gasteiger partial charge is 0.444 e. The van der Waals surface area contributed by atoms with Gasteiger partial charge in [-0.1, -0.05) is 12.1 Å². The fourth-order valence-electron chi connectivity index (χ4n) is 2.98. The number of nitro benzene ring substituents is 1. The number of piperazine rings is 1. The predicted molar refractivity (Wildman–Crippen MR) is 98.9 cm³/mol. The number of nitrogens with zero attached hydrogens (tertiary/aromatic N) is 3. The van der Waals surface area contributed by atoms with Crippen molar-refractivity contribution in [3.8, 4) is 0 Å². The van der Waals surface area contributed by atoms with E-state index in [4.69, 9.17) is 4.74 Å². The Morgan fingerprint density at radius 3 is 2.33 bits per heavy atom. The lowest BCUT2D eigenvalue weighted by Crippen LogP contribution is -2.60. The van der Waals surface area contributed by atoms with Gasteiger partial charge in [-0.05, 0) is 40.7 Å². The first-order valence-corrected chi connectivity index (χ1v) is 10.0. The molecule has 1 aliphatic rings. The molecule has 27 heavy (non-hydrogen) atoms. The highest BCUT2D eigenvalue weighted by Gasteiger charge is 2.42. The van der Waals surface area contributed by atoms with Crippen LogP contribution in [0.3, 0.4) is 0 Å². The SMILES string of the molecule is C[C@@H]1[C@@H](C)N(S(=O)(=O)c2ccccc2[N+](=O)[O-])CCN1C(=O)OC(C)(C)C. The average Bonchev–Trinajstić information content (AvgIpc) is 2.55. The molecule has 150 valence electrons. The van der Waals surface area contributed by atoms with Gasteiger partial charge in [0.2, 0.25) is 10.0 Å². The summed E-state index contributed by atoms with van der Waals surface area (Å²) in [5, 5.41) is 11.2. The van der Waals surface area contributed by atoms with Crippen molar-refractivity contribution in [2.45, 2.75) is 57.2 Å². The molecule has 0 radical (unpaired) electrons. The fourth-order valence-corrected chi connectivity index (χ4v) is 4.83. The van der Waals surface area contributed by atoms with Crippen LogP contribution in [0.5, 0.6) is 0 Å². The van der Waals surface area contributed by atoms with Gasteiger partial charge in [-0.15, -0.1) is 0 Å². The molecular weight excluding hydrogens is 374 g/mol. The third kappa shape index (κ3) is 4.38. The van der Waals surface area contributed by atoms with E-state index in [-0.39, 0.29) is 18.0 Å². The highest BCUT2D eigenvalue weighted by atomic mass is 32.2. The van der Waals surface area contributed by atoms with E-state index < -0.39 is 44.4 Å². The molecular formula is C17H25N3O6S. The first kappa shape index (κ1) is 21.1. The standard InChI is InChI=1S/C17H25N3O6S/c1-12-13(2)19(11-10-18(12)16(21)26-17(3,4)5)27(24,25)15-9-7-6-8-14(15)20(22)23/h6-9,12-13H,10-11H2,1-5H3/t12-,13-/m1/s1. The van der Waals surface area contributed by atoms with Crippen molar-refractivity contribution in [1.82, 2.24) is 9.21 Å². The van der Waals surface area contributed by atoms with Crippen LogP contribution >= 0.6 is 0 Å². The Morgan fingerprint density at radius 1 is 1.19 bits per heavy atom. The lowest BCUT2D eigenvalue weighted by Gasteiger charge is -2.44. The molecule has 1 aromatic rings. The summed E-state index contributed by atoms with van der Waals surface area (Å²) >= 11 is 0. The van der Waals surface area contributed by atoms with Crippen molar-refractivity contribution in [2.24, 2.45) is 0 Å². The topological polar surface area (TPSA) is 110 Å². The van der Waals surface area contributed by atoms with Crippen LogP contribution in [0.15, 0.2) is 29.2 Å². The van der Waals surface area contributed by atoms with Crippen molar-refractivity contribution in [3.63, 3.8) is 0 Å². The first-order valence-electron chi connectivity index (χ1n) is 8.61. The van der Waals surface area contributed by atoms with E-state index in [1.54, 1.807) is 34.6 Å². The maximum absolute atomic E-state index is 13.1. The van der Waals surface area contributed by atoms with Gasteiger partial charge in [0, 0.05) is 31.2 Å². The molecule has 0 aliphatic carbocycles. The Labute approximate surface area is 159 Å². The molecule has 2 rings (SSSR count). The van der Waals surface area contributed by atoms with E-state index in [1.807, 2.05) is 0 Å². The van der Waals surface area contributed by atoms with Gasteiger partial charge in [-0.2, -0.15) is 4.31 Å².